The molecule has 1 atom stereocenters. The van der Waals surface area contributed by atoms with E-state index in [-0.39, 0.29) is 0 Å². The SMILES string of the molecule is CCNC(Cc1ccc(Br)s1)C1CCCCCCC1. The summed E-state index contributed by atoms with van der Waals surface area (Å²) in [6.45, 7) is 3.33. The van der Waals surface area contributed by atoms with Gasteiger partial charge in [-0.1, -0.05) is 39.0 Å². The van der Waals surface area contributed by atoms with Crippen molar-refractivity contribution in [2.45, 2.75) is 64.3 Å². The summed E-state index contributed by atoms with van der Waals surface area (Å²) in [5.74, 6) is 0.876. The molecule has 108 valence electrons. The first-order valence-electron chi connectivity index (χ1n) is 7.77. The van der Waals surface area contributed by atoms with Gasteiger partial charge in [0, 0.05) is 10.9 Å². The fourth-order valence-electron chi connectivity index (χ4n) is 3.24. The van der Waals surface area contributed by atoms with Gasteiger partial charge in [0.2, 0.25) is 0 Å². The molecule has 1 aliphatic carbocycles. The number of nitrogens with one attached hydrogen (secondary N) is 1. The third-order valence-electron chi connectivity index (χ3n) is 4.24. The van der Waals surface area contributed by atoms with E-state index in [9.17, 15) is 0 Å². The quantitative estimate of drug-likeness (QED) is 0.755. The van der Waals surface area contributed by atoms with Gasteiger partial charge in [-0.2, -0.15) is 0 Å². The number of thiophene rings is 1. The van der Waals surface area contributed by atoms with Crippen LogP contribution in [-0.4, -0.2) is 12.6 Å². The van der Waals surface area contributed by atoms with Crippen LogP contribution >= 0.6 is 27.3 Å². The minimum absolute atomic E-state index is 0.675. The van der Waals surface area contributed by atoms with Crippen molar-refractivity contribution in [3.63, 3.8) is 0 Å². The Bertz CT molecular complexity index is 355. The predicted molar refractivity (Wildman–Crippen MR) is 89.0 cm³/mol. The van der Waals surface area contributed by atoms with Crippen molar-refractivity contribution < 1.29 is 0 Å². The summed E-state index contributed by atoms with van der Waals surface area (Å²) in [6, 6.07) is 5.14. The lowest BCUT2D eigenvalue weighted by atomic mass is 9.84. The summed E-state index contributed by atoms with van der Waals surface area (Å²) in [6.07, 6.45) is 11.3. The van der Waals surface area contributed by atoms with Gasteiger partial charge in [-0.3, -0.25) is 0 Å². The molecule has 1 saturated carbocycles. The third-order valence-corrected chi connectivity index (χ3v) is 5.88. The largest absolute Gasteiger partial charge is 0.314 e. The van der Waals surface area contributed by atoms with Gasteiger partial charge in [0.15, 0.2) is 0 Å². The molecule has 0 amide bonds. The van der Waals surface area contributed by atoms with Crippen molar-refractivity contribution in [1.29, 1.82) is 0 Å². The first-order chi connectivity index (χ1) is 9.29. The van der Waals surface area contributed by atoms with E-state index >= 15 is 0 Å². The highest BCUT2D eigenvalue weighted by Gasteiger charge is 2.22. The zero-order valence-electron chi connectivity index (χ0n) is 12.0. The van der Waals surface area contributed by atoms with Crippen LogP contribution in [0.1, 0.15) is 56.7 Å². The van der Waals surface area contributed by atoms with Crippen LogP contribution in [0.25, 0.3) is 0 Å². The van der Waals surface area contributed by atoms with Crippen molar-refractivity contribution in [3.05, 3.63) is 20.8 Å². The van der Waals surface area contributed by atoms with E-state index in [0.29, 0.717) is 6.04 Å². The lowest BCUT2D eigenvalue weighted by Gasteiger charge is -2.29. The molecule has 1 fully saturated rings. The number of halogens is 1. The zero-order valence-corrected chi connectivity index (χ0v) is 14.4. The maximum atomic E-state index is 3.75. The van der Waals surface area contributed by atoms with Gasteiger partial charge in [-0.25, -0.2) is 0 Å². The molecule has 1 unspecified atom stereocenters. The average molecular weight is 344 g/mol. The van der Waals surface area contributed by atoms with E-state index < -0.39 is 0 Å². The van der Waals surface area contributed by atoms with Crippen molar-refractivity contribution in [1.82, 2.24) is 5.32 Å². The molecule has 19 heavy (non-hydrogen) atoms. The standard InChI is InChI=1S/C16H26BrNS/c1-2-18-15(12-14-10-11-16(17)19-14)13-8-6-4-3-5-7-9-13/h10-11,13,15,18H,2-9,12H2,1H3. The summed E-state index contributed by atoms with van der Waals surface area (Å²) in [5, 5.41) is 3.75. The van der Waals surface area contributed by atoms with Crippen molar-refractivity contribution in [3.8, 4) is 0 Å². The second kappa shape index (κ2) is 8.43. The number of hydrogen-bond donors (Lipinski definition) is 1. The third kappa shape index (κ3) is 5.20. The molecule has 0 aromatic carbocycles. The van der Waals surface area contributed by atoms with E-state index in [2.05, 4.69) is 40.3 Å². The molecule has 1 nitrogen and oxygen atoms in total. The molecule has 0 saturated heterocycles. The molecular formula is C16H26BrNS. The molecule has 1 aromatic heterocycles. The van der Waals surface area contributed by atoms with Crippen LogP contribution in [0.3, 0.4) is 0 Å². The van der Waals surface area contributed by atoms with Crippen molar-refractivity contribution in [2.24, 2.45) is 5.92 Å². The van der Waals surface area contributed by atoms with Crippen LogP contribution < -0.4 is 5.32 Å². The molecule has 0 aliphatic heterocycles. The van der Waals surface area contributed by atoms with Gasteiger partial charge in [-0.15, -0.1) is 11.3 Å². The Balaban J connectivity index is 1.96. The maximum absolute atomic E-state index is 3.75. The summed E-state index contributed by atoms with van der Waals surface area (Å²) in [5.41, 5.74) is 0. The van der Waals surface area contributed by atoms with Crippen LogP contribution in [0.5, 0.6) is 0 Å². The summed E-state index contributed by atoms with van der Waals surface area (Å²) in [7, 11) is 0. The van der Waals surface area contributed by atoms with Crippen LogP contribution in [0.4, 0.5) is 0 Å². The number of rotatable bonds is 5. The molecule has 1 aromatic rings. The molecule has 1 N–H and O–H groups in total. The lowest BCUT2D eigenvalue weighted by molar-refractivity contribution is 0.287. The first kappa shape index (κ1) is 15.5. The van der Waals surface area contributed by atoms with Crippen LogP contribution in [-0.2, 0) is 6.42 Å². The topological polar surface area (TPSA) is 12.0 Å². The van der Waals surface area contributed by atoms with E-state index in [0.717, 1.165) is 12.5 Å². The van der Waals surface area contributed by atoms with Gasteiger partial charge in [-0.05, 0) is 59.8 Å². The fraction of sp³-hybridized carbons (Fsp3) is 0.750. The van der Waals surface area contributed by atoms with Gasteiger partial charge in [0.05, 0.1) is 3.79 Å². The van der Waals surface area contributed by atoms with Gasteiger partial charge in [0.1, 0.15) is 0 Å². The van der Waals surface area contributed by atoms with Crippen LogP contribution in [0.2, 0.25) is 0 Å². The predicted octanol–water partition coefficient (Wildman–Crippen LogP) is 5.39. The monoisotopic (exact) mass is 343 g/mol. The Morgan fingerprint density at radius 2 is 1.89 bits per heavy atom. The normalized spacial score (nSPS) is 19.9. The Morgan fingerprint density at radius 3 is 2.47 bits per heavy atom. The smallest absolute Gasteiger partial charge is 0.0701 e. The Labute approximate surface area is 130 Å². The first-order valence-corrected chi connectivity index (χ1v) is 9.38. The maximum Gasteiger partial charge on any atom is 0.0701 e. The van der Waals surface area contributed by atoms with E-state index in [4.69, 9.17) is 0 Å². The molecule has 0 spiro atoms. The molecular weight excluding hydrogens is 318 g/mol. The molecule has 0 radical (unpaired) electrons. The highest BCUT2D eigenvalue weighted by Crippen LogP contribution is 2.29. The minimum atomic E-state index is 0.675. The van der Waals surface area contributed by atoms with Crippen LogP contribution in [0, 0.1) is 5.92 Å². The van der Waals surface area contributed by atoms with Crippen LogP contribution in [0.15, 0.2) is 15.9 Å². The lowest BCUT2D eigenvalue weighted by Crippen LogP contribution is -2.38. The minimum Gasteiger partial charge on any atom is -0.314 e. The summed E-state index contributed by atoms with van der Waals surface area (Å²) < 4.78 is 1.26. The molecule has 2 rings (SSSR count). The fourth-order valence-corrected chi connectivity index (χ4v) is 4.78. The summed E-state index contributed by atoms with van der Waals surface area (Å²) >= 11 is 5.47. The van der Waals surface area contributed by atoms with Gasteiger partial charge < -0.3 is 5.32 Å². The average Bonchev–Trinajstić information content (AvgIpc) is 2.74. The van der Waals surface area contributed by atoms with Crippen molar-refractivity contribution >= 4 is 27.3 Å². The number of hydrogen-bond acceptors (Lipinski definition) is 2. The van der Waals surface area contributed by atoms with Gasteiger partial charge in [0.25, 0.3) is 0 Å². The van der Waals surface area contributed by atoms with E-state index in [1.54, 1.807) is 0 Å². The Morgan fingerprint density at radius 1 is 1.21 bits per heavy atom. The van der Waals surface area contributed by atoms with Gasteiger partial charge >= 0.3 is 0 Å². The second-order valence-corrected chi connectivity index (χ2v) is 8.23. The molecule has 0 bridgehead atoms. The van der Waals surface area contributed by atoms with Crippen molar-refractivity contribution in [2.75, 3.05) is 6.54 Å². The molecule has 1 aliphatic rings. The second-order valence-electron chi connectivity index (χ2n) is 5.68. The number of likely N-dealkylation sites (N-methyl/N-ethyl adjacent to an activating group) is 1. The highest BCUT2D eigenvalue weighted by molar-refractivity contribution is 9.11. The Kier molecular flexibility index (Phi) is 6.89. The molecule has 3 heteroatoms. The zero-order chi connectivity index (χ0) is 13.5. The molecule has 1 heterocycles. The summed E-state index contributed by atoms with van der Waals surface area (Å²) in [4.78, 5) is 1.51. The highest BCUT2D eigenvalue weighted by atomic mass is 79.9. The van der Waals surface area contributed by atoms with E-state index in [1.165, 1.54) is 60.0 Å². The Hall–Kier alpha value is 0.140. The van der Waals surface area contributed by atoms with E-state index in [1.807, 2.05) is 11.3 Å².